The van der Waals surface area contributed by atoms with E-state index in [9.17, 15) is 4.79 Å². The lowest BCUT2D eigenvalue weighted by Crippen LogP contribution is -2.18. The van der Waals surface area contributed by atoms with Gasteiger partial charge in [0.2, 0.25) is 0 Å². The van der Waals surface area contributed by atoms with Gasteiger partial charge in [-0.25, -0.2) is 4.79 Å². The molecular weight excluding hydrogens is 330 g/mol. The normalized spacial score (nSPS) is 10.6. The first-order chi connectivity index (χ1) is 12.8. The van der Waals surface area contributed by atoms with Crippen LogP contribution in [0.1, 0.15) is 64.2 Å². The van der Waals surface area contributed by atoms with Gasteiger partial charge < -0.3 is 19.9 Å². The van der Waals surface area contributed by atoms with Gasteiger partial charge in [0.15, 0.2) is 0 Å². The number of para-hydroxylation sites is 1. The Balaban J connectivity index is 1.70. The highest BCUT2D eigenvalue weighted by Crippen LogP contribution is 2.11. The Bertz CT molecular complexity index is 439. The predicted molar refractivity (Wildman–Crippen MR) is 105 cm³/mol. The monoisotopic (exact) mass is 365 g/mol. The Hall–Kier alpha value is -1.75. The summed E-state index contributed by atoms with van der Waals surface area (Å²) in [6.07, 6.45) is 11.0. The fourth-order valence-corrected chi connectivity index (χ4v) is 2.78. The highest BCUT2D eigenvalue weighted by molar-refractivity contribution is 5.56. The third-order valence-electron chi connectivity index (χ3n) is 4.23. The van der Waals surface area contributed by atoms with Crippen molar-refractivity contribution in [1.29, 1.82) is 0 Å². The molecule has 0 spiro atoms. The molecule has 1 rings (SSSR count). The smallest absolute Gasteiger partial charge is 0.494 e. The van der Waals surface area contributed by atoms with E-state index in [0.29, 0.717) is 0 Å². The quantitative estimate of drug-likeness (QED) is 0.291. The van der Waals surface area contributed by atoms with Crippen LogP contribution in [-0.4, -0.2) is 37.6 Å². The van der Waals surface area contributed by atoms with Crippen molar-refractivity contribution < 1.29 is 19.4 Å². The number of unbranched alkanes of at least 4 members (excludes halogenated alkanes) is 8. The Morgan fingerprint density at radius 1 is 0.769 bits per heavy atom. The summed E-state index contributed by atoms with van der Waals surface area (Å²) in [6.45, 7) is 2.93. The molecule has 26 heavy (non-hydrogen) atoms. The minimum atomic E-state index is -1.19. The van der Waals surface area contributed by atoms with Crippen molar-refractivity contribution in [3.05, 3.63) is 30.3 Å². The van der Waals surface area contributed by atoms with E-state index < -0.39 is 6.16 Å². The summed E-state index contributed by atoms with van der Waals surface area (Å²) in [6, 6.07) is 10.0. The van der Waals surface area contributed by atoms with Crippen LogP contribution in [0.4, 0.5) is 4.79 Å². The van der Waals surface area contributed by atoms with Crippen LogP contribution in [0.15, 0.2) is 30.3 Å². The highest BCUT2D eigenvalue weighted by Gasteiger charge is 1.96. The molecule has 0 fully saturated rings. The van der Waals surface area contributed by atoms with Gasteiger partial charge in [-0.3, -0.25) is 0 Å². The average Bonchev–Trinajstić information content (AvgIpc) is 2.65. The molecule has 0 aliphatic heterocycles. The third-order valence-corrected chi connectivity index (χ3v) is 4.23. The van der Waals surface area contributed by atoms with Gasteiger partial charge in [0.1, 0.15) is 5.75 Å². The molecule has 0 heterocycles. The minimum Gasteiger partial charge on any atom is -0.494 e. The standard InChI is InChI=1S/C21H35NO4/c23-21(24)26-19-13-17-22-16-11-6-4-2-1-3-5-7-12-18-25-20-14-9-8-10-15-20/h8-10,14-15,22H,1-7,11-13,16-19H2,(H,23,24). The van der Waals surface area contributed by atoms with Gasteiger partial charge >= 0.3 is 6.16 Å². The van der Waals surface area contributed by atoms with E-state index >= 15 is 0 Å². The number of hydrogen-bond donors (Lipinski definition) is 2. The second-order valence-electron chi connectivity index (χ2n) is 6.56. The van der Waals surface area contributed by atoms with Gasteiger partial charge in [0.05, 0.1) is 13.2 Å². The van der Waals surface area contributed by atoms with Crippen LogP contribution >= 0.6 is 0 Å². The van der Waals surface area contributed by atoms with Crippen LogP contribution < -0.4 is 10.1 Å². The van der Waals surface area contributed by atoms with E-state index in [-0.39, 0.29) is 6.61 Å². The van der Waals surface area contributed by atoms with Gasteiger partial charge in [0.25, 0.3) is 0 Å². The Labute approximate surface area is 158 Å². The van der Waals surface area contributed by atoms with Crippen LogP contribution in [0.3, 0.4) is 0 Å². The second kappa shape index (κ2) is 16.7. The Kier molecular flexibility index (Phi) is 14.3. The molecule has 5 nitrogen and oxygen atoms in total. The van der Waals surface area contributed by atoms with Crippen molar-refractivity contribution in [2.45, 2.75) is 64.2 Å². The van der Waals surface area contributed by atoms with Crippen molar-refractivity contribution in [3.63, 3.8) is 0 Å². The summed E-state index contributed by atoms with van der Waals surface area (Å²) >= 11 is 0. The van der Waals surface area contributed by atoms with Crippen LogP contribution in [-0.2, 0) is 4.74 Å². The summed E-state index contributed by atoms with van der Waals surface area (Å²) in [4.78, 5) is 10.2. The summed E-state index contributed by atoms with van der Waals surface area (Å²) in [5.74, 6) is 0.968. The summed E-state index contributed by atoms with van der Waals surface area (Å²) in [5.41, 5.74) is 0. The van der Waals surface area contributed by atoms with Crippen LogP contribution in [0.5, 0.6) is 5.75 Å². The molecule has 0 aliphatic carbocycles. The summed E-state index contributed by atoms with van der Waals surface area (Å²) in [7, 11) is 0. The third kappa shape index (κ3) is 14.6. The number of ether oxygens (including phenoxy) is 2. The number of rotatable bonds is 17. The van der Waals surface area contributed by atoms with Crippen molar-refractivity contribution in [2.75, 3.05) is 26.3 Å². The number of nitrogens with one attached hydrogen (secondary N) is 1. The first-order valence-corrected chi connectivity index (χ1v) is 10.0. The zero-order chi connectivity index (χ0) is 18.7. The van der Waals surface area contributed by atoms with Crippen molar-refractivity contribution in [3.8, 4) is 5.75 Å². The van der Waals surface area contributed by atoms with Gasteiger partial charge in [-0.2, -0.15) is 0 Å². The van der Waals surface area contributed by atoms with Crippen molar-refractivity contribution >= 4 is 6.16 Å². The SMILES string of the molecule is O=C(O)OCCCNCCCCCCCCCCCOc1ccccc1. The minimum absolute atomic E-state index is 0.278. The molecule has 0 amide bonds. The van der Waals surface area contributed by atoms with E-state index in [0.717, 1.165) is 38.3 Å². The number of carboxylic acid groups (broad SMARTS) is 1. The maximum Gasteiger partial charge on any atom is 0.505 e. The van der Waals surface area contributed by atoms with Crippen molar-refractivity contribution in [2.24, 2.45) is 0 Å². The van der Waals surface area contributed by atoms with E-state index in [4.69, 9.17) is 9.84 Å². The lowest BCUT2D eigenvalue weighted by molar-refractivity contribution is 0.0906. The Morgan fingerprint density at radius 3 is 2.00 bits per heavy atom. The van der Waals surface area contributed by atoms with E-state index in [1.165, 1.54) is 51.4 Å². The average molecular weight is 366 g/mol. The fraction of sp³-hybridized carbons (Fsp3) is 0.667. The van der Waals surface area contributed by atoms with E-state index in [2.05, 4.69) is 10.1 Å². The molecule has 1 aromatic carbocycles. The Morgan fingerprint density at radius 2 is 1.35 bits per heavy atom. The zero-order valence-corrected chi connectivity index (χ0v) is 16.0. The molecule has 0 atom stereocenters. The molecule has 0 saturated heterocycles. The van der Waals surface area contributed by atoms with Crippen molar-refractivity contribution in [1.82, 2.24) is 5.32 Å². The largest absolute Gasteiger partial charge is 0.505 e. The molecule has 0 radical (unpaired) electrons. The first-order valence-electron chi connectivity index (χ1n) is 10.0. The first kappa shape index (κ1) is 22.3. The maximum atomic E-state index is 10.2. The van der Waals surface area contributed by atoms with Crippen LogP contribution in [0.2, 0.25) is 0 Å². The maximum absolute atomic E-state index is 10.2. The van der Waals surface area contributed by atoms with Crippen LogP contribution in [0, 0.1) is 0 Å². The molecule has 2 N–H and O–H groups in total. The molecule has 0 aromatic heterocycles. The van der Waals surface area contributed by atoms with E-state index in [1.807, 2.05) is 30.3 Å². The summed E-state index contributed by atoms with van der Waals surface area (Å²) < 4.78 is 10.1. The molecule has 148 valence electrons. The molecule has 5 heteroatoms. The van der Waals surface area contributed by atoms with Gasteiger partial charge in [0, 0.05) is 0 Å². The van der Waals surface area contributed by atoms with Gasteiger partial charge in [-0.1, -0.05) is 63.1 Å². The molecular formula is C21H35NO4. The number of hydrogen-bond acceptors (Lipinski definition) is 4. The predicted octanol–water partition coefficient (Wildman–Crippen LogP) is 5.25. The zero-order valence-electron chi connectivity index (χ0n) is 16.0. The molecule has 0 unspecified atom stereocenters. The number of carbonyl (C=O) groups is 1. The highest BCUT2D eigenvalue weighted by atomic mass is 16.7. The van der Waals surface area contributed by atoms with E-state index in [1.54, 1.807) is 0 Å². The molecule has 0 aliphatic rings. The lowest BCUT2D eigenvalue weighted by Gasteiger charge is -2.06. The topological polar surface area (TPSA) is 67.8 Å². The van der Waals surface area contributed by atoms with Gasteiger partial charge in [-0.05, 0) is 44.5 Å². The molecule has 0 bridgehead atoms. The fourth-order valence-electron chi connectivity index (χ4n) is 2.78. The lowest BCUT2D eigenvalue weighted by atomic mass is 10.1. The van der Waals surface area contributed by atoms with Crippen LogP contribution in [0.25, 0.3) is 0 Å². The molecule has 0 saturated carbocycles. The second-order valence-corrected chi connectivity index (χ2v) is 6.56. The number of benzene rings is 1. The molecule has 1 aromatic rings. The summed E-state index contributed by atoms with van der Waals surface area (Å²) in [5, 5.41) is 11.6. The van der Waals surface area contributed by atoms with Gasteiger partial charge in [-0.15, -0.1) is 0 Å².